The van der Waals surface area contributed by atoms with Crippen LogP contribution in [-0.4, -0.2) is 36.3 Å². The van der Waals surface area contributed by atoms with Crippen molar-refractivity contribution in [2.75, 3.05) is 19.6 Å². The maximum atomic E-state index is 12.4. The Bertz CT molecular complexity index is 520. The van der Waals surface area contributed by atoms with Crippen LogP contribution in [-0.2, 0) is 4.79 Å². The van der Waals surface area contributed by atoms with E-state index in [-0.39, 0.29) is 17.7 Å². The van der Waals surface area contributed by atoms with E-state index in [9.17, 15) is 9.59 Å². The molecule has 1 N–H and O–H groups in total. The van der Waals surface area contributed by atoms with Gasteiger partial charge in [0.2, 0.25) is 5.91 Å². The van der Waals surface area contributed by atoms with E-state index in [1.54, 1.807) is 6.08 Å². The first kappa shape index (κ1) is 15.8. The fraction of sp³-hybridized carbons (Fsp3) is 0.375. The minimum atomic E-state index is -0.00100. The molecule has 1 aliphatic heterocycles. The van der Waals surface area contributed by atoms with Gasteiger partial charge in [-0.25, -0.2) is 0 Å². The number of benzene rings is 1. The molecule has 0 saturated carbocycles. The van der Waals surface area contributed by atoms with Crippen LogP contribution in [0.1, 0.15) is 23.2 Å². The van der Waals surface area contributed by atoms with Gasteiger partial charge in [0.25, 0.3) is 5.91 Å². The van der Waals surface area contributed by atoms with Gasteiger partial charge in [0.1, 0.15) is 0 Å². The van der Waals surface area contributed by atoms with E-state index < -0.39 is 0 Å². The van der Waals surface area contributed by atoms with Gasteiger partial charge in [-0.2, -0.15) is 0 Å². The number of carbonyl (C=O) groups is 2. The number of halogens is 1. The predicted octanol–water partition coefficient (Wildman–Crippen LogP) is 2.60. The normalized spacial score (nSPS) is 15.6. The monoisotopic (exact) mass is 350 g/mol. The van der Waals surface area contributed by atoms with Gasteiger partial charge in [0.15, 0.2) is 0 Å². The first-order chi connectivity index (χ1) is 10.1. The lowest BCUT2D eigenvalue weighted by Gasteiger charge is -2.31. The summed E-state index contributed by atoms with van der Waals surface area (Å²) in [6, 6.07) is 7.36. The van der Waals surface area contributed by atoms with Crippen LogP contribution in [0.25, 0.3) is 0 Å². The summed E-state index contributed by atoms with van der Waals surface area (Å²) in [6.07, 6.45) is 3.10. The third kappa shape index (κ3) is 4.17. The highest BCUT2D eigenvalue weighted by Crippen LogP contribution is 2.20. The van der Waals surface area contributed by atoms with Crippen molar-refractivity contribution >= 4 is 27.7 Å². The largest absolute Gasteiger partial charge is 0.352 e. The minimum absolute atomic E-state index is 0.00100. The molecular weight excluding hydrogens is 332 g/mol. The topological polar surface area (TPSA) is 49.4 Å². The molecule has 21 heavy (non-hydrogen) atoms. The third-order valence-corrected chi connectivity index (χ3v) is 4.19. The molecule has 2 rings (SSSR count). The Kier molecular flexibility index (Phi) is 5.56. The molecule has 0 spiro atoms. The summed E-state index contributed by atoms with van der Waals surface area (Å²) in [7, 11) is 0. The Balaban J connectivity index is 1.88. The van der Waals surface area contributed by atoms with Gasteiger partial charge >= 0.3 is 0 Å². The number of nitrogens with one attached hydrogen (secondary N) is 1. The van der Waals surface area contributed by atoms with Crippen molar-refractivity contribution in [3.63, 3.8) is 0 Å². The summed E-state index contributed by atoms with van der Waals surface area (Å²) in [5.41, 5.74) is 0.688. The van der Waals surface area contributed by atoms with E-state index in [4.69, 9.17) is 0 Å². The molecule has 0 atom stereocenters. The lowest BCUT2D eigenvalue weighted by Crippen LogP contribution is -2.43. The second-order valence-corrected chi connectivity index (χ2v) is 6.02. The highest BCUT2D eigenvalue weighted by molar-refractivity contribution is 9.10. The molecule has 1 saturated heterocycles. The summed E-state index contributed by atoms with van der Waals surface area (Å²) >= 11 is 3.36. The van der Waals surface area contributed by atoms with Crippen molar-refractivity contribution in [3.8, 4) is 0 Å². The molecular formula is C16H19BrN2O2. The molecule has 1 heterocycles. The molecule has 0 unspecified atom stereocenters. The summed E-state index contributed by atoms with van der Waals surface area (Å²) < 4.78 is 0.955. The summed E-state index contributed by atoms with van der Waals surface area (Å²) in [5, 5.41) is 2.82. The van der Waals surface area contributed by atoms with Gasteiger partial charge in [-0.15, -0.1) is 6.58 Å². The first-order valence-corrected chi connectivity index (χ1v) is 7.84. The van der Waals surface area contributed by atoms with Crippen LogP contribution in [0.5, 0.6) is 0 Å². The van der Waals surface area contributed by atoms with E-state index in [0.29, 0.717) is 38.0 Å². The molecule has 1 aromatic rings. The Hall–Kier alpha value is -1.62. The molecule has 1 fully saturated rings. The van der Waals surface area contributed by atoms with E-state index in [0.717, 1.165) is 4.47 Å². The molecule has 1 aliphatic rings. The van der Waals surface area contributed by atoms with Gasteiger partial charge in [-0.3, -0.25) is 9.59 Å². The maximum Gasteiger partial charge on any atom is 0.253 e. The second-order valence-electron chi connectivity index (χ2n) is 5.11. The van der Waals surface area contributed by atoms with Crippen LogP contribution in [0, 0.1) is 5.92 Å². The van der Waals surface area contributed by atoms with Crippen LogP contribution in [0.3, 0.4) is 0 Å². The average Bonchev–Trinajstić information content (AvgIpc) is 2.53. The molecule has 112 valence electrons. The molecule has 4 nitrogen and oxygen atoms in total. The Morgan fingerprint density at radius 1 is 1.29 bits per heavy atom. The van der Waals surface area contributed by atoms with Gasteiger partial charge in [-0.1, -0.05) is 22.0 Å². The molecule has 5 heteroatoms. The van der Waals surface area contributed by atoms with Crippen molar-refractivity contribution in [3.05, 3.63) is 47.0 Å². The van der Waals surface area contributed by atoms with Crippen molar-refractivity contribution < 1.29 is 9.59 Å². The number of amides is 2. The number of likely N-dealkylation sites (tertiary alicyclic amines) is 1. The van der Waals surface area contributed by atoms with Crippen LogP contribution >= 0.6 is 15.9 Å². The average molecular weight is 351 g/mol. The molecule has 0 aliphatic carbocycles. The predicted molar refractivity (Wildman–Crippen MR) is 86.0 cm³/mol. The Morgan fingerprint density at radius 2 is 1.90 bits per heavy atom. The zero-order valence-electron chi connectivity index (χ0n) is 11.8. The lowest BCUT2D eigenvalue weighted by atomic mass is 9.95. The van der Waals surface area contributed by atoms with Gasteiger partial charge < -0.3 is 10.2 Å². The zero-order valence-corrected chi connectivity index (χ0v) is 13.4. The van der Waals surface area contributed by atoms with E-state index in [1.807, 2.05) is 29.2 Å². The molecule has 1 aromatic carbocycles. The number of hydrogen-bond donors (Lipinski definition) is 1. The SMILES string of the molecule is C=CCNC(=O)C1CCN(C(=O)c2ccc(Br)cc2)CC1. The van der Waals surface area contributed by atoms with E-state index in [1.165, 1.54) is 0 Å². The van der Waals surface area contributed by atoms with Gasteiger partial charge in [0.05, 0.1) is 0 Å². The number of rotatable bonds is 4. The highest BCUT2D eigenvalue weighted by atomic mass is 79.9. The number of piperidine rings is 1. The Morgan fingerprint density at radius 3 is 2.48 bits per heavy atom. The van der Waals surface area contributed by atoms with E-state index in [2.05, 4.69) is 27.8 Å². The second kappa shape index (κ2) is 7.41. The number of carbonyl (C=O) groups excluding carboxylic acids is 2. The van der Waals surface area contributed by atoms with Crippen LogP contribution in [0.15, 0.2) is 41.4 Å². The molecule has 2 amide bonds. The van der Waals surface area contributed by atoms with E-state index >= 15 is 0 Å². The summed E-state index contributed by atoms with van der Waals surface area (Å²) in [6.45, 7) is 5.33. The minimum Gasteiger partial charge on any atom is -0.352 e. The fourth-order valence-electron chi connectivity index (χ4n) is 2.44. The van der Waals surface area contributed by atoms with Gasteiger partial charge in [0, 0.05) is 35.6 Å². The summed E-state index contributed by atoms with van der Waals surface area (Å²) in [4.78, 5) is 26.0. The standard InChI is InChI=1S/C16H19BrN2O2/c1-2-9-18-15(20)12-7-10-19(11-8-12)16(21)13-3-5-14(17)6-4-13/h2-6,12H,1,7-11H2,(H,18,20). The van der Waals surface area contributed by atoms with Crippen molar-refractivity contribution in [2.24, 2.45) is 5.92 Å². The van der Waals surface area contributed by atoms with Crippen molar-refractivity contribution in [2.45, 2.75) is 12.8 Å². The smallest absolute Gasteiger partial charge is 0.253 e. The first-order valence-electron chi connectivity index (χ1n) is 7.05. The quantitative estimate of drug-likeness (QED) is 0.848. The summed E-state index contributed by atoms with van der Waals surface area (Å²) in [5.74, 6) is 0.0945. The number of nitrogens with zero attached hydrogens (tertiary/aromatic N) is 1. The van der Waals surface area contributed by atoms with Crippen LogP contribution < -0.4 is 5.32 Å². The number of hydrogen-bond acceptors (Lipinski definition) is 2. The van der Waals surface area contributed by atoms with Gasteiger partial charge in [-0.05, 0) is 37.1 Å². The van der Waals surface area contributed by atoms with Crippen molar-refractivity contribution in [1.29, 1.82) is 0 Å². The third-order valence-electron chi connectivity index (χ3n) is 3.66. The Labute approximate surface area is 133 Å². The maximum absolute atomic E-state index is 12.4. The fourth-order valence-corrected chi connectivity index (χ4v) is 2.70. The van der Waals surface area contributed by atoms with Crippen molar-refractivity contribution in [1.82, 2.24) is 10.2 Å². The highest BCUT2D eigenvalue weighted by Gasteiger charge is 2.27. The van der Waals surface area contributed by atoms with Crippen LogP contribution in [0.2, 0.25) is 0 Å². The zero-order chi connectivity index (χ0) is 15.2. The lowest BCUT2D eigenvalue weighted by molar-refractivity contribution is -0.126. The molecule has 0 radical (unpaired) electrons. The molecule has 0 aromatic heterocycles. The van der Waals surface area contributed by atoms with Crippen LogP contribution in [0.4, 0.5) is 0 Å². The molecule has 0 bridgehead atoms.